The first-order chi connectivity index (χ1) is 8.22. The van der Waals surface area contributed by atoms with Crippen LogP contribution in [-0.2, 0) is 0 Å². The standard InChI is InChI=1S/C13H9BrO3/c14-10-3-9(4-11(15)6-10)8-1-2-12-13(5-8)17-7-16-12/h1-6,15H,7H2. The summed E-state index contributed by atoms with van der Waals surface area (Å²) in [5.74, 6) is 1.72. The summed E-state index contributed by atoms with van der Waals surface area (Å²) in [6, 6.07) is 11.0. The van der Waals surface area contributed by atoms with E-state index in [4.69, 9.17) is 9.47 Å². The van der Waals surface area contributed by atoms with Crippen LogP contribution in [0.3, 0.4) is 0 Å². The van der Waals surface area contributed by atoms with E-state index in [1.54, 1.807) is 12.1 Å². The van der Waals surface area contributed by atoms with E-state index >= 15 is 0 Å². The van der Waals surface area contributed by atoms with Gasteiger partial charge in [0.15, 0.2) is 11.5 Å². The van der Waals surface area contributed by atoms with Crippen LogP contribution in [0.15, 0.2) is 40.9 Å². The third-order valence-corrected chi connectivity index (χ3v) is 3.05. The van der Waals surface area contributed by atoms with Crippen LogP contribution in [0.5, 0.6) is 17.2 Å². The molecule has 3 rings (SSSR count). The molecule has 0 atom stereocenters. The molecular formula is C13H9BrO3. The molecule has 0 saturated carbocycles. The molecule has 1 aliphatic heterocycles. The molecule has 3 nitrogen and oxygen atoms in total. The van der Waals surface area contributed by atoms with Gasteiger partial charge in [-0.25, -0.2) is 0 Å². The molecule has 2 aromatic carbocycles. The van der Waals surface area contributed by atoms with E-state index in [1.807, 2.05) is 24.3 Å². The highest BCUT2D eigenvalue weighted by molar-refractivity contribution is 9.10. The second kappa shape index (κ2) is 3.96. The van der Waals surface area contributed by atoms with Crippen molar-refractivity contribution in [3.63, 3.8) is 0 Å². The molecule has 0 saturated heterocycles. The largest absolute Gasteiger partial charge is 0.508 e. The molecular weight excluding hydrogens is 284 g/mol. The van der Waals surface area contributed by atoms with E-state index in [1.165, 1.54) is 0 Å². The lowest BCUT2D eigenvalue weighted by molar-refractivity contribution is 0.174. The topological polar surface area (TPSA) is 38.7 Å². The molecule has 0 unspecified atom stereocenters. The molecule has 2 aromatic rings. The van der Waals surface area contributed by atoms with Crippen LogP contribution in [0.25, 0.3) is 11.1 Å². The Morgan fingerprint density at radius 3 is 2.59 bits per heavy atom. The fourth-order valence-electron chi connectivity index (χ4n) is 1.82. The van der Waals surface area contributed by atoms with Gasteiger partial charge < -0.3 is 14.6 Å². The molecule has 0 aliphatic carbocycles. The van der Waals surface area contributed by atoms with E-state index in [0.717, 1.165) is 27.1 Å². The summed E-state index contributed by atoms with van der Waals surface area (Å²) < 4.78 is 11.4. The van der Waals surface area contributed by atoms with Gasteiger partial charge in [0.1, 0.15) is 5.75 Å². The monoisotopic (exact) mass is 292 g/mol. The lowest BCUT2D eigenvalue weighted by Crippen LogP contribution is -1.92. The highest BCUT2D eigenvalue weighted by atomic mass is 79.9. The Labute approximate surface area is 107 Å². The molecule has 17 heavy (non-hydrogen) atoms. The molecule has 1 aliphatic rings. The maximum atomic E-state index is 9.56. The van der Waals surface area contributed by atoms with Crippen LogP contribution in [0.4, 0.5) is 0 Å². The number of rotatable bonds is 1. The van der Waals surface area contributed by atoms with Crippen LogP contribution < -0.4 is 9.47 Å². The minimum Gasteiger partial charge on any atom is -0.508 e. The predicted molar refractivity (Wildman–Crippen MR) is 67.4 cm³/mol. The summed E-state index contributed by atoms with van der Waals surface area (Å²) >= 11 is 3.36. The minimum atomic E-state index is 0.229. The normalized spacial score (nSPS) is 12.8. The average Bonchev–Trinajstić information content (AvgIpc) is 2.74. The first-order valence-corrected chi connectivity index (χ1v) is 5.91. The summed E-state index contributed by atoms with van der Waals surface area (Å²) in [6.45, 7) is 0.266. The summed E-state index contributed by atoms with van der Waals surface area (Å²) in [7, 11) is 0. The van der Waals surface area contributed by atoms with E-state index in [-0.39, 0.29) is 12.5 Å². The van der Waals surface area contributed by atoms with Gasteiger partial charge in [-0.2, -0.15) is 0 Å². The fraction of sp³-hybridized carbons (Fsp3) is 0.0769. The number of ether oxygens (including phenoxy) is 2. The Bertz CT molecular complexity index is 561. The molecule has 0 aromatic heterocycles. The van der Waals surface area contributed by atoms with Crippen LogP contribution >= 0.6 is 15.9 Å². The van der Waals surface area contributed by atoms with Gasteiger partial charge in [0, 0.05) is 4.47 Å². The van der Waals surface area contributed by atoms with E-state index in [2.05, 4.69) is 15.9 Å². The van der Waals surface area contributed by atoms with Crippen LogP contribution in [0.2, 0.25) is 0 Å². The number of halogens is 1. The van der Waals surface area contributed by atoms with Gasteiger partial charge in [-0.05, 0) is 41.5 Å². The van der Waals surface area contributed by atoms with Crippen LogP contribution in [-0.4, -0.2) is 11.9 Å². The second-order valence-corrected chi connectivity index (χ2v) is 4.68. The smallest absolute Gasteiger partial charge is 0.231 e. The number of phenols is 1. The van der Waals surface area contributed by atoms with E-state index in [9.17, 15) is 5.11 Å². The highest BCUT2D eigenvalue weighted by Crippen LogP contribution is 2.37. The number of aromatic hydroxyl groups is 1. The van der Waals surface area contributed by atoms with E-state index < -0.39 is 0 Å². The zero-order valence-electron chi connectivity index (χ0n) is 8.81. The molecule has 86 valence electrons. The third kappa shape index (κ3) is 1.96. The Morgan fingerprint density at radius 2 is 1.76 bits per heavy atom. The van der Waals surface area contributed by atoms with Gasteiger partial charge in [0.05, 0.1) is 0 Å². The molecule has 0 bridgehead atoms. The quantitative estimate of drug-likeness (QED) is 0.874. The zero-order chi connectivity index (χ0) is 11.8. The zero-order valence-corrected chi connectivity index (χ0v) is 10.4. The summed E-state index contributed by atoms with van der Waals surface area (Å²) in [5, 5.41) is 9.56. The highest BCUT2D eigenvalue weighted by Gasteiger charge is 2.14. The maximum Gasteiger partial charge on any atom is 0.231 e. The average molecular weight is 293 g/mol. The Balaban J connectivity index is 2.09. The van der Waals surface area contributed by atoms with E-state index in [0.29, 0.717) is 0 Å². The Morgan fingerprint density at radius 1 is 0.941 bits per heavy atom. The second-order valence-electron chi connectivity index (χ2n) is 3.77. The van der Waals surface area contributed by atoms with Crippen molar-refractivity contribution in [1.82, 2.24) is 0 Å². The SMILES string of the molecule is Oc1cc(Br)cc(-c2ccc3c(c2)OCO3)c1. The van der Waals surface area contributed by atoms with Crippen molar-refractivity contribution in [2.45, 2.75) is 0 Å². The number of fused-ring (bicyclic) bond motifs is 1. The molecule has 1 N–H and O–H groups in total. The minimum absolute atomic E-state index is 0.229. The van der Waals surface area contributed by atoms with Gasteiger partial charge in [-0.1, -0.05) is 22.0 Å². The van der Waals surface area contributed by atoms with Crippen LogP contribution in [0.1, 0.15) is 0 Å². The number of hydrogen-bond donors (Lipinski definition) is 1. The molecule has 0 amide bonds. The van der Waals surface area contributed by atoms with Crippen molar-refractivity contribution in [2.24, 2.45) is 0 Å². The van der Waals surface area contributed by atoms with Crippen molar-refractivity contribution in [3.05, 3.63) is 40.9 Å². The molecule has 1 heterocycles. The molecule has 4 heteroatoms. The predicted octanol–water partition coefficient (Wildman–Crippen LogP) is 3.55. The number of benzene rings is 2. The van der Waals surface area contributed by atoms with Gasteiger partial charge in [-0.15, -0.1) is 0 Å². The summed E-state index contributed by atoms with van der Waals surface area (Å²) in [6.07, 6.45) is 0. The first kappa shape index (κ1) is 10.5. The van der Waals surface area contributed by atoms with Crippen molar-refractivity contribution >= 4 is 15.9 Å². The van der Waals surface area contributed by atoms with Gasteiger partial charge >= 0.3 is 0 Å². The van der Waals surface area contributed by atoms with Crippen molar-refractivity contribution in [1.29, 1.82) is 0 Å². The number of phenolic OH excluding ortho intramolecular Hbond substituents is 1. The Kier molecular flexibility index (Phi) is 2.44. The van der Waals surface area contributed by atoms with Gasteiger partial charge in [0.25, 0.3) is 0 Å². The first-order valence-electron chi connectivity index (χ1n) is 5.12. The summed E-state index contributed by atoms with van der Waals surface area (Å²) in [5.41, 5.74) is 1.90. The maximum absolute atomic E-state index is 9.56. The third-order valence-electron chi connectivity index (χ3n) is 2.59. The van der Waals surface area contributed by atoms with Crippen molar-refractivity contribution in [3.8, 4) is 28.4 Å². The number of hydrogen-bond acceptors (Lipinski definition) is 3. The molecule has 0 fully saturated rings. The lowest BCUT2D eigenvalue weighted by atomic mass is 10.1. The molecule has 0 radical (unpaired) electrons. The fourth-order valence-corrected chi connectivity index (χ4v) is 2.30. The summed E-state index contributed by atoms with van der Waals surface area (Å²) in [4.78, 5) is 0. The molecule has 0 spiro atoms. The van der Waals surface area contributed by atoms with Crippen LogP contribution in [0, 0.1) is 0 Å². The van der Waals surface area contributed by atoms with Crippen molar-refractivity contribution < 1.29 is 14.6 Å². The van der Waals surface area contributed by atoms with Gasteiger partial charge in [0.2, 0.25) is 6.79 Å². The Hall–Kier alpha value is -1.68. The van der Waals surface area contributed by atoms with Crippen molar-refractivity contribution in [2.75, 3.05) is 6.79 Å². The lowest BCUT2D eigenvalue weighted by Gasteiger charge is -2.05. The van der Waals surface area contributed by atoms with Gasteiger partial charge in [-0.3, -0.25) is 0 Å².